The highest BCUT2D eigenvalue weighted by molar-refractivity contribution is 7.42. The molecular formula is C28H42FO2P. The van der Waals surface area contributed by atoms with E-state index in [9.17, 15) is 0 Å². The van der Waals surface area contributed by atoms with E-state index in [0.29, 0.717) is 11.5 Å². The Bertz CT molecular complexity index is 727. The normalized spacial score (nSPS) is 11.2. The monoisotopic (exact) mass is 460 g/mol. The van der Waals surface area contributed by atoms with Gasteiger partial charge in [0, 0.05) is 0 Å². The van der Waals surface area contributed by atoms with E-state index in [1.54, 1.807) is 0 Å². The minimum absolute atomic E-state index is 0.627. The summed E-state index contributed by atoms with van der Waals surface area (Å²) in [5.41, 5.74) is 4.79. The lowest BCUT2D eigenvalue weighted by Gasteiger charge is -2.17. The van der Waals surface area contributed by atoms with Gasteiger partial charge in [0.2, 0.25) is 0 Å². The van der Waals surface area contributed by atoms with Crippen molar-refractivity contribution in [3.05, 3.63) is 58.7 Å². The molecule has 2 nitrogen and oxygen atoms in total. The van der Waals surface area contributed by atoms with Gasteiger partial charge in [0.25, 0.3) is 0 Å². The molecule has 0 unspecified atom stereocenters. The maximum absolute atomic E-state index is 15.0. The molecule has 2 aromatic carbocycles. The van der Waals surface area contributed by atoms with Crippen LogP contribution in [0.5, 0.6) is 11.5 Å². The number of hydrogen-bond acceptors (Lipinski definition) is 2. The van der Waals surface area contributed by atoms with Crippen LogP contribution in [-0.2, 0) is 25.7 Å². The van der Waals surface area contributed by atoms with Gasteiger partial charge in [0.05, 0.1) is 0 Å². The maximum Gasteiger partial charge on any atom is 0.505 e. The van der Waals surface area contributed by atoms with E-state index in [0.717, 1.165) is 62.5 Å². The first kappa shape index (κ1) is 26.7. The van der Waals surface area contributed by atoms with Gasteiger partial charge in [-0.3, -0.25) is 0 Å². The SMILES string of the molecule is CCCCc1ccc(OP(F)Oc2ccc(CCCC)cc2CCCC)c(CCCC)c1. The predicted octanol–water partition coefficient (Wildman–Crippen LogP) is 9.71. The third-order valence-electron chi connectivity index (χ3n) is 5.83. The molecule has 0 radical (unpaired) electrons. The van der Waals surface area contributed by atoms with Crippen LogP contribution in [0.25, 0.3) is 0 Å². The third kappa shape index (κ3) is 9.10. The van der Waals surface area contributed by atoms with Gasteiger partial charge in [-0.1, -0.05) is 77.6 Å². The Morgan fingerprint density at radius 3 is 1.34 bits per heavy atom. The lowest BCUT2D eigenvalue weighted by Crippen LogP contribution is -2.00. The molecule has 2 rings (SSSR count). The smallest absolute Gasteiger partial charge is 0.414 e. The average molecular weight is 461 g/mol. The van der Waals surface area contributed by atoms with Crippen molar-refractivity contribution < 1.29 is 13.2 Å². The highest BCUT2D eigenvalue weighted by Gasteiger charge is 2.19. The second kappa shape index (κ2) is 15.3. The van der Waals surface area contributed by atoms with E-state index in [1.165, 1.54) is 36.8 Å². The second-order valence-electron chi connectivity index (χ2n) is 8.69. The van der Waals surface area contributed by atoms with Crippen LogP contribution in [0, 0.1) is 0 Å². The minimum Gasteiger partial charge on any atom is -0.414 e. The molecule has 0 aliphatic heterocycles. The largest absolute Gasteiger partial charge is 0.505 e. The summed E-state index contributed by atoms with van der Waals surface area (Å²) in [6.07, 6.45) is 12.9. The van der Waals surface area contributed by atoms with Crippen LogP contribution in [0.2, 0.25) is 0 Å². The minimum atomic E-state index is -2.54. The molecular weight excluding hydrogens is 418 g/mol. The molecule has 0 saturated heterocycles. The molecule has 0 aromatic heterocycles. The van der Waals surface area contributed by atoms with Crippen molar-refractivity contribution in [2.24, 2.45) is 0 Å². The molecule has 0 saturated carbocycles. The first-order valence-electron chi connectivity index (χ1n) is 12.7. The summed E-state index contributed by atoms with van der Waals surface area (Å²) in [6.45, 7) is 8.76. The number of unbranched alkanes of at least 4 members (excludes halogenated alkanes) is 4. The number of rotatable bonds is 16. The molecule has 0 aliphatic rings. The fourth-order valence-electron chi connectivity index (χ4n) is 3.81. The average Bonchev–Trinajstić information content (AvgIpc) is 2.80. The molecule has 4 heteroatoms. The predicted molar refractivity (Wildman–Crippen MR) is 137 cm³/mol. The second-order valence-corrected chi connectivity index (χ2v) is 9.48. The summed E-state index contributed by atoms with van der Waals surface area (Å²) >= 11 is 0. The molecule has 0 aliphatic carbocycles. The van der Waals surface area contributed by atoms with Gasteiger partial charge in [-0.05, 0) is 85.8 Å². The molecule has 0 fully saturated rings. The summed E-state index contributed by atoms with van der Waals surface area (Å²) in [4.78, 5) is 0. The first-order valence-corrected chi connectivity index (χ1v) is 13.7. The topological polar surface area (TPSA) is 18.5 Å². The van der Waals surface area contributed by atoms with Crippen LogP contribution in [0.1, 0.15) is 101 Å². The van der Waals surface area contributed by atoms with Gasteiger partial charge in [-0.25, -0.2) is 0 Å². The van der Waals surface area contributed by atoms with E-state index in [4.69, 9.17) is 9.05 Å². The van der Waals surface area contributed by atoms with E-state index in [-0.39, 0.29) is 0 Å². The van der Waals surface area contributed by atoms with Gasteiger partial charge < -0.3 is 9.05 Å². The van der Waals surface area contributed by atoms with Gasteiger partial charge in [-0.2, -0.15) is 0 Å². The third-order valence-corrected chi connectivity index (χ3v) is 6.51. The van der Waals surface area contributed by atoms with Crippen molar-refractivity contribution in [3.8, 4) is 11.5 Å². The lowest BCUT2D eigenvalue weighted by molar-refractivity contribution is 0.433. The Morgan fingerprint density at radius 1 is 0.594 bits per heavy atom. The quantitative estimate of drug-likeness (QED) is 0.232. The number of hydrogen-bond donors (Lipinski definition) is 0. The van der Waals surface area contributed by atoms with E-state index < -0.39 is 8.69 Å². The van der Waals surface area contributed by atoms with Gasteiger partial charge >= 0.3 is 8.69 Å². The number of benzene rings is 2. The summed E-state index contributed by atoms with van der Waals surface area (Å²) in [7, 11) is -2.54. The van der Waals surface area contributed by atoms with Crippen molar-refractivity contribution in [2.45, 2.75) is 105 Å². The Hall–Kier alpha value is -1.60. The molecule has 178 valence electrons. The Labute approximate surface area is 197 Å². The Kier molecular flexibility index (Phi) is 12.7. The summed E-state index contributed by atoms with van der Waals surface area (Å²) < 4.78 is 26.5. The molecule has 0 amide bonds. The van der Waals surface area contributed by atoms with E-state index in [2.05, 4.69) is 52.0 Å². The van der Waals surface area contributed by atoms with Crippen LogP contribution >= 0.6 is 8.69 Å². The van der Waals surface area contributed by atoms with Crippen molar-refractivity contribution in [2.75, 3.05) is 0 Å². The van der Waals surface area contributed by atoms with E-state index in [1.807, 2.05) is 12.1 Å². The number of halogens is 1. The summed E-state index contributed by atoms with van der Waals surface area (Å²) in [5, 5.41) is 0. The molecule has 0 N–H and O–H groups in total. The molecule has 2 aromatic rings. The molecule has 0 heterocycles. The summed E-state index contributed by atoms with van der Waals surface area (Å²) in [5.74, 6) is 1.25. The number of aryl methyl sites for hydroxylation is 4. The van der Waals surface area contributed by atoms with Crippen LogP contribution in [0.3, 0.4) is 0 Å². The highest BCUT2D eigenvalue weighted by Crippen LogP contribution is 2.44. The van der Waals surface area contributed by atoms with Crippen LogP contribution in [0.4, 0.5) is 4.20 Å². The standard InChI is InChI=1S/C28H42FO2P/c1-5-9-13-23-17-19-27(25(21-23)15-11-7-3)30-32(29)31-28-20-18-24(14-10-6-2)22-26(28)16-12-8-4/h17-22H,5-16H2,1-4H3. The maximum atomic E-state index is 15.0. The van der Waals surface area contributed by atoms with Crippen LogP contribution in [0.15, 0.2) is 36.4 Å². The molecule has 0 bridgehead atoms. The summed E-state index contributed by atoms with van der Waals surface area (Å²) in [6, 6.07) is 12.4. The van der Waals surface area contributed by atoms with Crippen molar-refractivity contribution in [3.63, 3.8) is 0 Å². The van der Waals surface area contributed by atoms with Crippen LogP contribution in [-0.4, -0.2) is 0 Å². The Balaban J connectivity index is 2.13. The molecule has 0 spiro atoms. The first-order chi connectivity index (χ1) is 15.6. The van der Waals surface area contributed by atoms with E-state index >= 15 is 4.20 Å². The van der Waals surface area contributed by atoms with Gasteiger partial charge in [0.15, 0.2) is 0 Å². The zero-order chi connectivity index (χ0) is 23.2. The van der Waals surface area contributed by atoms with Crippen molar-refractivity contribution in [1.82, 2.24) is 0 Å². The van der Waals surface area contributed by atoms with Crippen LogP contribution < -0.4 is 9.05 Å². The molecule has 32 heavy (non-hydrogen) atoms. The lowest BCUT2D eigenvalue weighted by atomic mass is 10.0. The fraction of sp³-hybridized carbons (Fsp3) is 0.571. The van der Waals surface area contributed by atoms with Gasteiger partial charge in [0.1, 0.15) is 11.5 Å². The highest BCUT2D eigenvalue weighted by atomic mass is 31.2. The Morgan fingerprint density at radius 2 is 0.969 bits per heavy atom. The fourth-order valence-corrected chi connectivity index (χ4v) is 4.52. The zero-order valence-corrected chi connectivity index (χ0v) is 21.5. The van der Waals surface area contributed by atoms with Crippen molar-refractivity contribution >= 4 is 8.69 Å². The van der Waals surface area contributed by atoms with Gasteiger partial charge in [-0.15, -0.1) is 4.20 Å². The molecule has 0 atom stereocenters. The van der Waals surface area contributed by atoms with Crippen molar-refractivity contribution in [1.29, 1.82) is 0 Å². The zero-order valence-electron chi connectivity index (χ0n) is 20.6.